The molecule has 492 valence electrons. The molecule has 0 aromatic carbocycles. The van der Waals surface area contributed by atoms with Gasteiger partial charge in [0, 0.05) is 0 Å². The predicted octanol–water partition coefficient (Wildman–Crippen LogP) is -2.71. The number of aliphatic hydroxyl groups is 16. The SMILES string of the molecule is CC(C)=CCCC(O)(COC1OC(COC2OC(CO)C(O)C(O)C2O)C(O)C(O)C1O)C1CCC2(C)C1CCC1C3(C)CCC(OC4OC(CO)C(O)C(OC5OCC(O)C(O)C5O)C4OC4OC(C)C(O)C(O)C4O)C(C)(C)C3CCC12C. The van der Waals surface area contributed by atoms with Gasteiger partial charge in [-0.2, -0.15) is 0 Å². The summed E-state index contributed by atoms with van der Waals surface area (Å²) in [5.74, 6) is 0.103. The maximum absolute atomic E-state index is 13.2. The van der Waals surface area contributed by atoms with Crippen molar-refractivity contribution in [2.24, 2.45) is 45.3 Å². The Morgan fingerprint density at radius 2 is 1.09 bits per heavy atom. The molecule has 33 atom stereocenters. The Labute approximate surface area is 496 Å². The molecule has 5 heterocycles. The van der Waals surface area contributed by atoms with Crippen molar-refractivity contribution in [3.05, 3.63) is 11.6 Å². The lowest BCUT2D eigenvalue weighted by molar-refractivity contribution is -0.395. The Balaban J connectivity index is 0.919. The molecule has 26 heteroatoms. The molecule has 26 nitrogen and oxygen atoms in total. The zero-order valence-corrected chi connectivity index (χ0v) is 50.2. The molecule has 9 aliphatic rings. The fourth-order valence-electron chi connectivity index (χ4n) is 17.3. The minimum atomic E-state index is -1.80. The summed E-state index contributed by atoms with van der Waals surface area (Å²) in [7, 11) is 0. The summed E-state index contributed by atoms with van der Waals surface area (Å²) in [6.45, 7) is 14.3. The van der Waals surface area contributed by atoms with Crippen LogP contribution in [-0.4, -0.2) is 274 Å². The van der Waals surface area contributed by atoms with Crippen LogP contribution < -0.4 is 0 Å². The van der Waals surface area contributed by atoms with E-state index in [1.54, 1.807) is 0 Å². The third kappa shape index (κ3) is 12.5. The Hall–Kier alpha value is -1.30. The van der Waals surface area contributed by atoms with Crippen molar-refractivity contribution in [2.45, 2.75) is 279 Å². The minimum absolute atomic E-state index is 0.0454. The molecule has 5 saturated heterocycles. The highest BCUT2D eigenvalue weighted by Gasteiger charge is 2.70. The second-order valence-corrected chi connectivity index (χ2v) is 27.9. The third-order valence-corrected chi connectivity index (χ3v) is 22.5. The number of aliphatic hydroxyl groups excluding tert-OH is 15. The lowest BCUT2D eigenvalue weighted by atomic mass is 9.35. The van der Waals surface area contributed by atoms with Gasteiger partial charge < -0.3 is 129 Å². The second kappa shape index (κ2) is 26.4. The van der Waals surface area contributed by atoms with Crippen molar-refractivity contribution < 1.29 is 129 Å². The molecule has 4 saturated carbocycles. The van der Waals surface area contributed by atoms with E-state index in [1.165, 1.54) is 6.92 Å². The summed E-state index contributed by atoms with van der Waals surface area (Å²) in [4.78, 5) is 0. The molecule has 0 bridgehead atoms. The van der Waals surface area contributed by atoms with Crippen molar-refractivity contribution in [1.82, 2.24) is 0 Å². The van der Waals surface area contributed by atoms with Crippen molar-refractivity contribution in [3.8, 4) is 0 Å². The zero-order chi connectivity index (χ0) is 62.2. The maximum Gasteiger partial charge on any atom is 0.187 e. The molecule has 9 rings (SSSR count). The third-order valence-electron chi connectivity index (χ3n) is 22.5. The Kier molecular flexibility index (Phi) is 21.1. The zero-order valence-electron chi connectivity index (χ0n) is 50.2. The molecule has 33 unspecified atom stereocenters. The molecule has 9 fully saturated rings. The van der Waals surface area contributed by atoms with Gasteiger partial charge in [0.25, 0.3) is 0 Å². The van der Waals surface area contributed by atoms with Gasteiger partial charge in [0.2, 0.25) is 0 Å². The van der Waals surface area contributed by atoms with E-state index in [-0.39, 0.29) is 46.5 Å². The number of fused-ring (bicyclic) bond motifs is 5. The molecule has 0 amide bonds. The van der Waals surface area contributed by atoms with Crippen LogP contribution in [0.3, 0.4) is 0 Å². The van der Waals surface area contributed by atoms with Crippen LogP contribution in [-0.2, 0) is 47.4 Å². The van der Waals surface area contributed by atoms with Crippen LogP contribution in [0.2, 0.25) is 0 Å². The van der Waals surface area contributed by atoms with E-state index in [1.807, 2.05) is 13.8 Å². The fourth-order valence-corrected chi connectivity index (χ4v) is 17.3. The maximum atomic E-state index is 13.2. The first-order chi connectivity index (χ1) is 39.9. The predicted molar refractivity (Wildman–Crippen MR) is 291 cm³/mol. The van der Waals surface area contributed by atoms with Gasteiger partial charge in [-0.1, -0.05) is 46.3 Å². The van der Waals surface area contributed by atoms with Crippen LogP contribution in [0.15, 0.2) is 11.6 Å². The lowest BCUT2D eigenvalue weighted by Crippen LogP contribution is -2.67. The standard InChI is InChI=1S/C59H100O26/c1-25(2)10-9-16-59(75,24-78-52-46(73)43(70)39(66)32(82-52)23-77-50-45(72)42(69)38(65)30(20-60)80-50)28-13-18-57(7)27(28)11-12-34-56(6)17-15-35(55(4,5)33(56)14-19-58(34,57)8)83-54-49(85-53-47(74)41(68)36(63)26(3)79-53)48(40(67)31(21-61)81-54)84-51-44(71)37(64)29(62)22-76-51/h10,26-54,60-75H,9,11-24H2,1-8H3. The van der Waals surface area contributed by atoms with Gasteiger partial charge in [-0.25, -0.2) is 0 Å². The molecule has 85 heavy (non-hydrogen) atoms. The molecule has 4 aliphatic carbocycles. The number of ether oxygens (including phenoxy) is 10. The number of rotatable bonds is 18. The molecule has 16 N–H and O–H groups in total. The van der Waals surface area contributed by atoms with Crippen molar-refractivity contribution in [3.63, 3.8) is 0 Å². The smallest absolute Gasteiger partial charge is 0.187 e. The van der Waals surface area contributed by atoms with Crippen molar-refractivity contribution in [1.29, 1.82) is 0 Å². The van der Waals surface area contributed by atoms with Crippen LogP contribution in [0.5, 0.6) is 0 Å². The van der Waals surface area contributed by atoms with Crippen LogP contribution in [0.25, 0.3) is 0 Å². The first kappa shape index (κ1) is 68.1. The number of hydrogen-bond acceptors (Lipinski definition) is 26. The molecule has 5 aliphatic heterocycles. The Bertz CT molecular complexity index is 2230. The van der Waals surface area contributed by atoms with Gasteiger partial charge in [0.05, 0.1) is 50.8 Å². The van der Waals surface area contributed by atoms with Gasteiger partial charge in [0.1, 0.15) is 110 Å². The van der Waals surface area contributed by atoms with Gasteiger partial charge in [0.15, 0.2) is 31.5 Å². The largest absolute Gasteiger partial charge is 0.394 e. The van der Waals surface area contributed by atoms with E-state index >= 15 is 0 Å². The van der Waals surface area contributed by atoms with Crippen LogP contribution in [0.1, 0.15) is 120 Å². The highest BCUT2D eigenvalue weighted by molar-refractivity contribution is 5.19. The summed E-state index contributed by atoms with van der Waals surface area (Å²) in [5.41, 5.74) is -1.63. The second-order valence-electron chi connectivity index (χ2n) is 27.9. The van der Waals surface area contributed by atoms with Crippen molar-refractivity contribution in [2.75, 3.05) is 33.0 Å². The van der Waals surface area contributed by atoms with Crippen LogP contribution in [0, 0.1) is 45.3 Å². The quantitative estimate of drug-likeness (QED) is 0.0490. The normalized spacial score (nSPS) is 52.5. The highest BCUT2D eigenvalue weighted by atomic mass is 16.8. The first-order valence-electron chi connectivity index (χ1n) is 30.7. The first-order valence-corrected chi connectivity index (χ1v) is 30.7. The lowest BCUT2D eigenvalue weighted by Gasteiger charge is -2.70. The fraction of sp³-hybridized carbons (Fsp3) is 0.966. The molecule has 0 aromatic heterocycles. The van der Waals surface area contributed by atoms with Gasteiger partial charge in [-0.3, -0.25) is 0 Å². The summed E-state index contributed by atoms with van der Waals surface area (Å²) < 4.78 is 60.8. The van der Waals surface area contributed by atoms with Gasteiger partial charge >= 0.3 is 0 Å². The van der Waals surface area contributed by atoms with E-state index in [0.29, 0.717) is 25.7 Å². The molecule has 0 aromatic rings. The summed E-state index contributed by atoms with van der Waals surface area (Å²) >= 11 is 0. The molecular weight excluding hydrogens is 1120 g/mol. The van der Waals surface area contributed by atoms with Gasteiger partial charge in [-0.15, -0.1) is 0 Å². The van der Waals surface area contributed by atoms with Gasteiger partial charge in [-0.05, 0) is 130 Å². The average Bonchev–Trinajstić information content (AvgIpc) is 1.72. The average molecular weight is 1230 g/mol. The highest BCUT2D eigenvalue weighted by Crippen LogP contribution is 2.76. The molecule has 0 radical (unpaired) electrons. The monoisotopic (exact) mass is 1220 g/mol. The van der Waals surface area contributed by atoms with Crippen LogP contribution in [0.4, 0.5) is 0 Å². The van der Waals surface area contributed by atoms with Crippen molar-refractivity contribution >= 4 is 0 Å². The number of allylic oxidation sites excluding steroid dienone is 2. The van der Waals surface area contributed by atoms with E-state index < -0.39 is 191 Å². The Morgan fingerprint density at radius 3 is 1.75 bits per heavy atom. The summed E-state index contributed by atoms with van der Waals surface area (Å²) in [6, 6.07) is 0. The van der Waals surface area contributed by atoms with E-state index in [2.05, 4.69) is 40.7 Å². The van der Waals surface area contributed by atoms with E-state index in [4.69, 9.17) is 47.4 Å². The summed E-state index contributed by atoms with van der Waals surface area (Å²) in [6.07, 6.45) is -29.4. The topological polar surface area (TPSA) is 416 Å². The molecular formula is C59H100O26. The van der Waals surface area contributed by atoms with E-state index in [9.17, 15) is 81.7 Å². The van der Waals surface area contributed by atoms with Crippen LogP contribution >= 0.6 is 0 Å². The minimum Gasteiger partial charge on any atom is -0.394 e. The van der Waals surface area contributed by atoms with E-state index in [0.717, 1.165) is 44.1 Å². The molecule has 0 spiro atoms. The summed E-state index contributed by atoms with van der Waals surface area (Å²) in [5, 5.41) is 174. The number of hydrogen-bond donors (Lipinski definition) is 16. The Morgan fingerprint density at radius 1 is 0.529 bits per heavy atom.